The minimum Gasteiger partial charge on any atom is -0.319 e. The van der Waals surface area contributed by atoms with Crippen LogP contribution in [0.25, 0.3) is 0 Å². The fourth-order valence-corrected chi connectivity index (χ4v) is 3.86. The number of unbranched alkanes of at least 4 members (excludes halogenated alkanes) is 1. The van der Waals surface area contributed by atoms with Crippen molar-refractivity contribution in [3.05, 3.63) is 0 Å². The first-order valence-corrected chi connectivity index (χ1v) is 10.6. The van der Waals surface area contributed by atoms with E-state index in [1.54, 1.807) is 0 Å². The Morgan fingerprint density at radius 1 is 0.605 bits per heavy atom. The van der Waals surface area contributed by atoms with E-state index in [9.17, 15) is 78.7 Å². The second kappa shape index (κ2) is 11.4. The van der Waals surface area contributed by atoms with Crippen LogP contribution >= 0.6 is 12.0 Å². The average Bonchev–Trinajstić information content (AvgIpc) is 2.58. The summed E-state index contributed by atoms with van der Waals surface area (Å²) in [6, 6.07) is 0. The van der Waals surface area contributed by atoms with Crippen LogP contribution in [0.15, 0.2) is 0 Å². The standard InChI is InChI=1S/C12H10F16O8S2/c13-7(14,15)5(8(16,17)18,37-36-35-29)11(25,26)33-3-1-2-4-34-12(27,28)6(9(19,20)21,10(22,23)24)38(30,31)32/h29H,1-4H2,(H,30,31,32). The van der Waals surface area contributed by atoms with Gasteiger partial charge in [-0.1, -0.05) is 5.04 Å². The minimum absolute atomic E-state index is 1.43. The van der Waals surface area contributed by atoms with Crippen molar-refractivity contribution in [3.63, 3.8) is 0 Å². The van der Waals surface area contributed by atoms with E-state index in [0.29, 0.717) is 0 Å². The molecule has 0 saturated carbocycles. The summed E-state index contributed by atoms with van der Waals surface area (Å²) in [6.07, 6.45) is -45.1. The molecule has 38 heavy (non-hydrogen) atoms. The van der Waals surface area contributed by atoms with Crippen LogP contribution in [-0.2, 0) is 29.0 Å². The predicted octanol–water partition coefficient (Wildman–Crippen LogP) is 5.67. The third-order valence-electron chi connectivity index (χ3n) is 4.10. The summed E-state index contributed by atoms with van der Waals surface area (Å²) in [5.74, 6) is 0. The molecule has 0 radical (unpaired) electrons. The number of rotatable bonds is 13. The SMILES string of the molecule is O=S(=O)(O)C(C(F)(F)F)(C(F)(F)F)C(F)(F)OCCCCOC(F)(F)C(SOOO)(C(F)(F)F)C(F)(F)F. The molecule has 0 aliphatic heterocycles. The van der Waals surface area contributed by atoms with Crippen molar-refractivity contribution < 1.29 is 107 Å². The van der Waals surface area contributed by atoms with Crippen molar-refractivity contribution >= 4 is 22.2 Å². The smallest absolute Gasteiger partial charge is 0.319 e. The molecule has 0 unspecified atom stereocenters. The Labute approximate surface area is 202 Å². The maximum Gasteiger partial charge on any atom is 0.428 e. The molecule has 2 N–H and O–H groups in total. The van der Waals surface area contributed by atoms with Gasteiger partial charge in [-0.15, -0.1) is 4.33 Å². The van der Waals surface area contributed by atoms with Crippen molar-refractivity contribution in [3.8, 4) is 0 Å². The fourth-order valence-electron chi connectivity index (χ4n) is 2.44. The highest BCUT2D eigenvalue weighted by molar-refractivity contribution is 7.96. The van der Waals surface area contributed by atoms with Gasteiger partial charge in [-0.2, -0.15) is 78.7 Å². The zero-order valence-electron chi connectivity index (χ0n) is 17.0. The highest BCUT2D eigenvalue weighted by atomic mass is 32.2. The molecule has 0 aromatic heterocycles. The third kappa shape index (κ3) is 6.63. The van der Waals surface area contributed by atoms with Crippen LogP contribution in [0.4, 0.5) is 70.2 Å². The first-order valence-electron chi connectivity index (χ1n) is 8.45. The zero-order valence-corrected chi connectivity index (χ0v) is 18.7. The van der Waals surface area contributed by atoms with Gasteiger partial charge < -0.3 is 9.47 Å². The average molecular weight is 650 g/mol. The Hall–Kier alpha value is -1.06. The Morgan fingerprint density at radius 2 is 0.947 bits per heavy atom. The van der Waals surface area contributed by atoms with Gasteiger partial charge in [-0.25, -0.2) is 5.26 Å². The van der Waals surface area contributed by atoms with E-state index in [4.69, 9.17) is 9.81 Å². The van der Waals surface area contributed by atoms with Crippen LogP contribution in [0.2, 0.25) is 0 Å². The summed E-state index contributed by atoms with van der Waals surface area (Å²) >= 11 is -2.24. The van der Waals surface area contributed by atoms with E-state index in [0.717, 1.165) is 0 Å². The molecule has 0 aliphatic carbocycles. The molecule has 0 aliphatic rings. The molecule has 0 atom stereocenters. The van der Waals surface area contributed by atoms with Crippen LogP contribution in [-0.4, -0.2) is 77.9 Å². The van der Waals surface area contributed by atoms with E-state index in [1.807, 2.05) is 0 Å². The summed E-state index contributed by atoms with van der Waals surface area (Å²) in [5, 5.41) is 10.2. The van der Waals surface area contributed by atoms with Crippen LogP contribution in [0.3, 0.4) is 0 Å². The molecule has 0 fully saturated rings. The lowest BCUT2D eigenvalue weighted by Gasteiger charge is -2.39. The summed E-state index contributed by atoms with van der Waals surface area (Å²) in [5.41, 5.74) is 0. The third-order valence-corrected chi connectivity index (χ3v) is 6.65. The van der Waals surface area contributed by atoms with Gasteiger partial charge in [0.25, 0.3) is 10.1 Å². The maximum atomic E-state index is 13.9. The summed E-state index contributed by atoms with van der Waals surface area (Å²) in [7, 11) is -7.82. The molecule has 0 amide bonds. The monoisotopic (exact) mass is 650 g/mol. The molecule has 0 spiro atoms. The zero-order chi connectivity index (χ0) is 30.9. The lowest BCUT2D eigenvalue weighted by Crippen LogP contribution is -2.72. The van der Waals surface area contributed by atoms with Gasteiger partial charge in [0.05, 0.1) is 25.3 Å². The molecule has 0 aromatic rings. The van der Waals surface area contributed by atoms with E-state index in [1.165, 1.54) is 0 Å². The van der Waals surface area contributed by atoms with Crippen molar-refractivity contribution in [2.24, 2.45) is 0 Å². The fraction of sp³-hybridized carbons (Fsp3) is 1.00. The van der Waals surface area contributed by atoms with E-state index < -0.39 is 94.6 Å². The first kappa shape index (κ1) is 36.9. The van der Waals surface area contributed by atoms with Gasteiger partial charge in [-0.05, 0) is 12.8 Å². The second-order valence-corrected chi connectivity index (χ2v) is 8.97. The van der Waals surface area contributed by atoms with Gasteiger partial charge in [0.2, 0.25) is 0 Å². The molecule has 0 saturated heterocycles. The molecule has 8 nitrogen and oxygen atoms in total. The largest absolute Gasteiger partial charge is 0.428 e. The molecule has 0 heterocycles. The number of halogens is 16. The second-order valence-electron chi connectivity index (χ2n) is 6.49. The van der Waals surface area contributed by atoms with Crippen molar-refractivity contribution in [1.29, 1.82) is 0 Å². The molecule has 26 heteroatoms. The molecule has 0 aromatic carbocycles. The Kier molecular flexibility index (Phi) is 11.1. The first-order chi connectivity index (χ1) is 16.5. The van der Waals surface area contributed by atoms with Crippen LogP contribution in [0.1, 0.15) is 12.8 Å². The quantitative estimate of drug-likeness (QED) is 0.0651. The van der Waals surface area contributed by atoms with Gasteiger partial charge in [0, 0.05) is 0 Å². The highest BCUT2D eigenvalue weighted by Gasteiger charge is 2.91. The van der Waals surface area contributed by atoms with Crippen LogP contribution in [0.5, 0.6) is 0 Å². The number of alkyl halides is 16. The Morgan fingerprint density at radius 3 is 1.21 bits per heavy atom. The van der Waals surface area contributed by atoms with Crippen LogP contribution in [0, 0.1) is 0 Å². The van der Waals surface area contributed by atoms with Crippen molar-refractivity contribution in [2.75, 3.05) is 13.2 Å². The molecule has 230 valence electrons. The normalized spacial score (nSPS) is 15.7. The van der Waals surface area contributed by atoms with Gasteiger partial charge in [-0.3, -0.25) is 4.55 Å². The van der Waals surface area contributed by atoms with Gasteiger partial charge in [0.15, 0.2) is 0 Å². The lowest BCUT2D eigenvalue weighted by molar-refractivity contribution is -0.438. The summed E-state index contributed by atoms with van der Waals surface area (Å²) in [4.78, 5) is 0. The Bertz CT molecular complexity index is 851. The predicted molar refractivity (Wildman–Crippen MR) is 84.7 cm³/mol. The van der Waals surface area contributed by atoms with Crippen LogP contribution < -0.4 is 0 Å². The lowest BCUT2D eigenvalue weighted by atomic mass is 10.1. The minimum atomic E-state index is -7.82. The van der Waals surface area contributed by atoms with Crippen molar-refractivity contribution in [1.82, 2.24) is 0 Å². The maximum absolute atomic E-state index is 13.9. The van der Waals surface area contributed by atoms with E-state index >= 15 is 0 Å². The van der Waals surface area contributed by atoms with Gasteiger partial charge >= 0.3 is 46.4 Å². The molecular weight excluding hydrogens is 640 g/mol. The topological polar surface area (TPSA) is 112 Å². The summed E-state index contributed by atoms with van der Waals surface area (Å²) in [6.45, 7) is -4.14. The molecule has 0 bridgehead atoms. The number of hydrogen-bond acceptors (Lipinski definition) is 8. The summed E-state index contributed by atoms with van der Waals surface area (Å²) < 4.78 is 236. The highest BCUT2D eigenvalue weighted by Crippen LogP contribution is 2.60. The van der Waals surface area contributed by atoms with Gasteiger partial charge in [0.1, 0.15) is 0 Å². The number of ether oxygens (including phenoxy) is 2. The molecule has 0 rings (SSSR count). The molecular formula is C12H10F16O8S2. The Balaban J connectivity index is 5.73. The number of hydrogen-bond donors (Lipinski definition) is 2. The van der Waals surface area contributed by atoms with E-state index in [-0.39, 0.29) is 0 Å². The van der Waals surface area contributed by atoms with E-state index in [2.05, 4.69) is 18.8 Å². The van der Waals surface area contributed by atoms with Crippen molar-refractivity contribution in [2.45, 2.75) is 59.3 Å².